The number of nitrogens with one attached hydrogen (secondary N) is 2. The summed E-state index contributed by atoms with van der Waals surface area (Å²) in [7, 11) is 4.67. The summed E-state index contributed by atoms with van der Waals surface area (Å²) in [4.78, 5) is 12.8. The van der Waals surface area contributed by atoms with E-state index in [2.05, 4.69) is 30.5 Å². The van der Waals surface area contributed by atoms with Crippen LogP contribution in [0, 0.1) is 0 Å². The van der Waals surface area contributed by atoms with Crippen molar-refractivity contribution in [2.24, 2.45) is 0 Å². The first kappa shape index (κ1) is 21.4. The van der Waals surface area contributed by atoms with Gasteiger partial charge in [-0.3, -0.25) is 4.79 Å². The maximum atomic E-state index is 12.8. The van der Waals surface area contributed by atoms with E-state index in [0.29, 0.717) is 28.9 Å². The monoisotopic (exact) mass is 386 g/mol. The predicted octanol–water partition coefficient (Wildman–Crippen LogP) is 4.67. The molecule has 0 aliphatic carbocycles. The summed E-state index contributed by atoms with van der Waals surface area (Å²) < 4.78 is 16.1. The van der Waals surface area contributed by atoms with Gasteiger partial charge in [-0.25, -0.2) is 0 Å². The van der Waals surface area contributed by atoms with Crippen LogP contribution in [0.25, 0.3) is 0 Å². The third kappa shape index (κ3) is 4.88. The fourth-order valence-electron chi connectivity index (χ4n) is 2.98. The molecule has 6 heteroatoms. The van der Waals surface area contributed by atoms with Gasteiger partial charge in [0, 0.05) is 23.5 Å². The number of hydrogen-bond acceptors (Lipinski definition) is 5. The van der Waals surface area contributed by atoms with Crippen molar-refractivity contribution in [1.29, 1.82) is 0 Å². The zero-order valence-corrected chi connectivity index (χ0v) is 17.5. The highest BCUT2D eigenvalue weighted by atomic mass is 16.5. The lowest BCUT2D eigenvalue weighted by Crippen LogP contribution is -2.32. The lowest BCUT2D eigenvalue weighted by atomic mass is 9.97. The third-order valence-corrected chi connectivity index (χ3v) is 4.80. The van der Waals surface area contributed by atoms with Crippen LogP contribution >= 0.6 is 0 Å². The molecule has 0 saturated carbocycles. The minimum Gasteiger partial charge on any atom is -0.493 e. The Kier molecular flexibility index (Phi) is 7.55. The van der Waals surface area contributed by atoms with Gasteiger partial charge in [0.15, 0.2) is 11.5 Å². The molecule has 2 rings (SSSR count). The topological polar surface area (TPSA) is 68.8 Å². The molecule has 0 spiro atoms. The molecule has 0 aliphatic heterocycles. The van der Waals surface area contributed by atoms with Crippen LogP contribution in [0.3, 0.4) is 0 Å². The summed E-state index contributed by atoms with van der Waals surface area (Å²) in [6, 6.07) is 11.0. The van der Waals surface area contributed by atoms with Crippen molar-refractivity contribution >= 4 is 17.3 Å². The first-order chi connectivity index (χ1) is 13.4. The number of benzene rings is 2. The Morgan fingerprint density at radius 1 is 1.00 bits per heavy atom. The maximum absolute atomic E-state index is 12.8. The number of carbonyl (C=O) groups excluding carboxylic acids is 1. The lowest BCUT2D eigenvalue weighted by Gasteiger charge is -2.20. The molecule has 0 saturated heterocycles. The SMILES string of the molecule is CCC(C)c1ccccc1NC(=O)C(C)Nc1cc(OC)c(OC)c(OC)c1. The molecule has 2 aromatic carbocycles. The van der Waals surface area contributed by atoms with Crippen molar-refractivity contribution in [3.8, 4) is 17.2 Å². The van der Waals surface area contributed by atoms with Crippen LogP contribution in [0.15, 0.2) is 36.4 Å². The molecule has 0 aromatic heterocycles. The molecular weight excluding hydrogens is 356 g/mol. The van der Waals surface area contributed by atoms with Gasteiger partial charge in [0.2, 0.25) is 11.7 Å². The summed E-state index contributed by atoms with van der Waals surface area (Å²) in [5.74, 6) is 1.81. The van der Waals surface area contributed by atoms with E-state index in [1.54, 1.807) is 33.5 Å². The van der Waals surface area contributed by atoms with Crippen molar-refractivity contribution in [3.63, 3.8) is 0 Å². The molecule has 0 heterocycles. The highest BCUT2D eigenvalue weighted by Gasteiger charge is 2.18. The van der Waals surface area contributed by atoms with Crippen LogP contribution in [-0.4, -0.2) is 33.3 Å². The molecule has 2 aromatic rings. The van der Waals surface area contributed by atoms with E-state index in [9.17, 15) is 4.79 Å². The van der Waals surface area contributed by atoms with Gasteiger partial charge in [0.1, 0.15) is 6.04 Å². The molecule has 0 radical (unpaired) electrons. The van der Waals surface area contributed by atoms with Crippen LogP contribution in [0.2, 0.25) is 0 Å². The van der Waals surface area contributed by atoms with Crippen molar-refractivity contribution in [3.05, 3.63) is 42.0 Å². The number of para-hydroxylation sites is 1. The van der Waals surface area contributed by atoms with Crippen LogP contribution in [0.5, 0.6) is 17.2 Å². The Morgan fingerprint density at radius 3 is 2.14 bits per heavy atom. The molecule has 6 nitrogen and oxygen atoms in total. The summed E-state index contributed by atoms with van der Waals surface area (Å²) in [6.45, 7) is 6.10. The van der Waals surface area contributed by atoms with Crippen molar-refractivity contribution in [2.75, 3.05) is 32.0 Å². The fraction of sp³-hybridized carbons (Fsp3) is 0.409. The van der Waals surface area contributed by atoms with Crippen LogP contribution < -0.4 is 24.8 Å². The molecule has 28 heavy (non-hydrogen) atoms. The largest absolute Gasteiger partial charge is 0.493 e. The van der Waals surface area contributed by atoms with Gasteiger partial charge in [-0.2, -0.15) is 0 Å². The number of amides is 1. The van der Waals surface area contributed by atoms with Crippen molar-refractivity contribution < 1.29 is 19.0 Å². The van der Waals surface area contributed by atoms with Crippen LogP contribution in [-0.2, 0) is 4.79 Å². The van der Waals surface area contributed by atoms with Gasteiger partial charge in [0.05, 0.1) is 21.3 Å². The van der Waals surface area contributed by atoms with Gasteiger partial charge < -0.3 is 24.8 Å². The molecular formula is C22H30N2O4. The van der Waals surface area contributed by atoms with Gasteiger partial charge in [-0.05, 0) is 30.9 Å². The highest BCUT2D eigenvalue weighted by molar-refractivity contribution is 5.97. The van der Waals surface area contributed by atoms with E-state index >= 15 is 0 Å². The van der Waals surface area contributed by atoms with Crippen LogP contribution in [0.4, 0.5) is 11.4 Å². The zero-order valence-electron chi connectivity index (χ0n) is 17.5. The standard InChI is InChI=1S/C22H30N2O4/c1-7-14(2)17-10-8-9-11-18(17)24-22(25)15(3)23-16-12-19(26-4)21(28-6)20(13-16)27-5/h8-15,23H,7H2,1-6H3,(H,24,25). The first-order valence-electron chi connectivity index (χ1n) is 9.41. The average molecular weight is 386 g/mol. The third-order valence-electron chi connectivity index (χ3n) is 4.80. The first-order valence-corrected chi connectivity index (χ1v) is 9.41. The summed E-state index contributed by atoms with van der Waals surface area (Å²) in [6.07, 6.45) is 1.01. The minimum absolute atomic E-state index is 0.121. The summed E-state index contributed by atoms with van der Waals surface area (Å²) in [5, 5.41) is 6.23. The minimum atomic E-state index is -0.465. The van der Waals surface area contributed by atoms with Crippen molar-refractivity contribution in [2.45, 2.75) is 39.2 Å². The fourth-order valence-corrected chi connectivity index (χ4v) is 2.98. The molecule has 0 aliphatic rings. The van der Waals surface area contributed by atoms with Gasteiger partial charge in [-0.15, -0.1) is 0 Å². The summed E-state index contributed by atoms with van der Waals surface area (Å²) in [5.41, 5.74) is 2.69. The molecule has 2 N–H and O–H groups in total. The lowest BCUT2D eigenvalue weighted by molar-refractivity contribution is -0.116. The number of rotatable bonds is 9. The average Bonchev–Trinajstić information content (AvgIpc) is 2.72. The highest BCUT2D eigenvalue weighted by Crippen LogP contribution is 2.40. The Labute approximate surface area is 167 Å². The van der Waals surface area contributed by atoms with E-state index in [1.165, 1.54) is 0 Å². The number of hydrogen-bond donors (Lipinski definition) is 2. The number of anilines is 2. The van der Waals surface area contributed by atoms with Gasteiger partial charge in [-0.1, -0.05) is 32.0 Å². The van der Waals surface area contributed by atoms with E-state index in [4.69, 9.17) is 14.2 Å². The normalized spacial score (nSPS) is 12.6. The number of carbonyl (C=O) groups is 1. The molecule has 0 bridgehead atoms. The Bertz CT molecular complexity index is 782. The molecule has 2 unspecified atom stereocenters. The second-order valence-corrected chi connectivity index (χ2v) is 6.67. The van der Waals surface area contributed by atoms with Crippen LogP contribution in [0.1, 0.15) is 38.7 Å². The zero-order chi connectivity index (χ0) is 20.7. The molecule has 152 valence electrons. The Morgan fingerprint density at radius 2 is 1.61 bits per heavy atom. The van der Waals surface area contributed by atoms with E-state index in [0.717, 1.165) is 17.7 Å². The molecule has 2 atom stereocenters. The number of ether oxygens (including phenoxy) is 3. The smallest absolute Gasteiger partial charge is 0.246 e. The Balaban J connectivity index is 2.17. The van der Waals surface area contributed by atoms with Gasteiger partial charge >= 0.3 is 0 Å². The van der Waals surface area contributed by atoms with E-state index in [-0.39, 0.29) is 5.91 Å². The maximum Gasteiger partial charge on any atom is 0.246 e. The quantitative estimate of drug-likeness (QED) is 0.656. The second-order valence-electron chi connectivity index (χ2n) is 6.67. The Hall–Kier alpha value is -2.89. The van der Waals surface area contributed by atoms with Gasteiger partial charge in [0.25, 0.3) is 0 Å². The van der Waals surface area contributed by atoms with Crippen molar-refractivity contribution in [1.82, 2.24) is 0 Å². The second kappa shape index (κ2) is 9.88. The molecule has 1 amide bonds. The predicted molar refractivity (Wildman–Crippen MR) is 113 cm³/mol. The molecule has 0 fully saturated rings. The van der Waals surface area contributed by atoms with E-state index < -0.39 is 6.04 Å². The number of methoxy groups -OCH3 is 3. The summed E-state index contributed by atoms with van der Waals surface area (Å²) >= 11 is 0. The van der Waals surface area contributed by atoms with E-state index in [1.807, 2.05) is 25.1 Å².